The predicted octanol–water partition coefficient (Wildman–Crippen LogP) is 2.78. The number of methoxy groups -OCH3 is 2. The number of hydrogen-bond donors (Lipinski definition) is 1. The Hall–Kier alpha value is -2.48. The average Bonchev–Trinajstić information content (AvgIpc) is 3.10. The summed E-state index contributed by atoms with van der Waals surface area (Å²) in [5.41, 5.74) is 1.77. The highest BCUT2D eigenvalue weighted by Crippen LogP contribution is 2.32. The van der Waals surface area contributed by atoms with E-state index in [0.29, 0.717) is 35.4 Å². The molecule has 0 spiro atoms. The van der Waals surface area contributed by atoms with E-state index in [2.05, 4.69) is 10.3 Å². The Morgan fingerprint density at radius 2 is 2.03 bits per heavy atom. The van der Waals surface area contributed by atoms with Crippen LogP contribution in [0.2, 0.25) is 0 Å². The van der Waals surface area contributed by atoms with Gasteiger partial charge in [-0.25, -0.2) is 4.98 Å². The maximum Gasteiger partial charge on any atom is 0.254 e. The number of carbonyl (C=O) groups excluding carboxylic acids is 1. The summed E-state index contributed by atoms with van der Waals surface area (Å²) in [5, 5.41) is 3.66. The van der Waals surface area contributed by atoms with Crippen molar-refractivity contribution >= 4 is 17.7 Å². The van der Waals surface area contributed by atoms with Gasteiger partial charge in [-0.15, -0.1) is 0 Å². The van der Waals surface area contributed by atoms with E-state index in [4.69, 9.17) is 9.47 Å². The molecule has 0 bridgehead atoms. The Balaban J connectivity index is 1.56. The molecule has 0 saturated carbocycles. The van der Waals surface area contributed by atoms with Crippen LogP contribution in [0.15, 0.2) is 34.2 Å². The van der Waals surface area contributed by atoms with Gasteiger partial charge in [-0.1, -0.05) is 31.7 Å². The lowest BCUT2D eigenvalue weighted by Gasteiger charge is -2.14. The van der Waals surface area contributed by atoms with Crippen molar-refractivity contribution in [3.05, 3.63) is 45.9 Å². The molecule has 2 aromatic rings. The molecule has 0 saturated heterocycles. The molecule has 1 amide bonds. The van der Waals surface area contributed by atoms with Crippen molar-refractivity contribution in [2.45, 2.75) is 43.8 Å². The second-order valence-corrected chi connectivity index (χ2v) is 8.27. The molecule has 8 heteroatoms. The maximum atomic E-state index is 12.5. The highest BCUT2D eigenvalue weighted by molar-refractivity contribution is 7.99. The monoisotopic (exact) mass is 417 g/mol. The molecule has 29 heavy (non-hydrogen) atoms. The van der Waals surface area contributed by atoms with E-state index in [-0.39, 0.29) is 29.8 Å². The Morgan fingerprint density at radius 3 is 2.72 bits per heavy atom. The number of carbonyl (C=O) groups is 1. The topological polar surface area (TPSA) is 82.5 Å². The largest absolute Gasteiger partial charge is 0.493 e. The van der Waals surface area contributed by atoms with Gasteiger partial charge >= 0.3 is 0 Å². The normalized spacial score (nSPS) is 15.3. The van der Waals surface area contributed by atoms with Gasteiger partial charge < -0.3 is 14.8 Å². The van der Waals surface area contributed by atoms with Crippen LogP contribution in [-0.2, 0) is 11.2 Å². The summed E-state index contributed by atoms with van der Waals surface area (Å²) in [6.07, 6.45) is 0.954. The summed E-state index contributed by atoms with van der Waals surface area (Å²) in [4.78, 5) is 29.5. The van der Waals surface area contributed by atoms with E-state index in [1.807, 2.05) is 32.0 Å². The molecule has 1 aliphatic heterocycles. The van der Waals surface area contributed by atoms with Crippen molar-refractivity contribution < 1.29 is 14.3 Å². The molecule has 1 aromatic carbocycles. The van der Waals surface area contributed by atoms with E-state index in [0.717, 1.165) is 11.3 Å². The van der Waals surface area contributed by atoms with Gasteiger partial charge in [0.25, 0.3) is 5.56 Å². The standard InChI is InChI=1S/C21H27N3O4S/c1-13(2)16-11-20(26)24-15(12-29-21(24)23-16)10-19(25)22-8-7-14-5-6-17(27-3)18(9-14)28-4/h5-6,9,11,13,15H,7-8,10,12H2,1-4H3,(H,22,25). The minimum absolute atomic E-state index is 0.0660. The molecule has 0 fully saturated rings. The van der Waals surface area contributed by atoms with Gasteiger partial charge in [-0.3, -0.25) is 14.2 Å². The van der Waals surface area contributed by atoms with E-state index in [1.54, 1.807) is 24.9 Å². The average molecular weight is 418 g/mol. The first-order chi connectivity index (χ1) is 13.9. The lowest BCUT2D eigenvalue weighted by atomic mass is 10.1. The van der Waals surface area contributed by atoms with Crippen LogP contribution in [-0.4, -0.2) is 42.0 Å². The molecule has 1 aliphatic rings. The number of rotatable bonds is 8. The fraction of sp³-hybridized carbons (Fsp3) is 0.476. The SMILES string of the molecule is COc1ccc(CCNC(=O)CC2CSc3nc(C(C)C)cc(=O)n32)cc1OC. The first-order valence-corrected chi connectivity index (χ1v) is 10.6. The number of fused-ring (bicyclic) bond motifs is 1. The quantitative estimate of drug-likeness (QED) is 0.665. The third-order valence-electron chi connectivity index (χ3n) is 4.91. The first kappa shape index (κ1) is 21.2. The summed E-state index contributed by atoms with van der Waals surface area (Å²) in [6.45, 7) is 4.55. The van der Waals surface area contributed by atoms with E-state index >= 15 is 0 Å². The number of nitrogens with one attached hydrogen (secondary N) is 1. The third-order valence-corrected chi connectivity index (χ3v) is 6.00. The number of amides is 1. The molecule has 0 radical (unpaired) electrons. The van der Waals surface area contributed by atoms with Gasteiger partial charge in [0.2, 0.25) is 5.91 Å². The molecular formula is C21H27N3O4S. The number of hydrogen-bond acceptors (Lipinski definition) is 6. The van der Waals surface area contributed by atoms with E-state index < -0.39 is 0 Å². The van der Waals surface area contributed by atoms with Gasteiger partial charge in [0.15, 0.2) is 16.7 Å². The summed E-state index contributed by atoms with van der Waals surface area (Å²) >= 11 is 1.54. The third kappa shape index (κ3) is 4.93. The maximum absolute atomic E-state index is 12.5. The highest BCUT2D eigenvalue weighted by Gasteiger charge is 2.27. The molecular weight excluding hydrogens is 390 g/mol. The summed E-state index contributed by atoms with van der Waals surface area (Å²) < 4.78 is 12.2. The molecule has 2 heterocycles. The fourth-order valence-electron chi connectivity index (χ4n) is 3.28. The zero-order valence-electron chi connectivity index (χ0n) is 17.2. The molecule has 3 rings (SSSR count). The minimum Gasteiger partial charge on any atom is -0.493 e. The van der Waals surface area contributed by atoms with Crippen LogP contribution >= 0.6 is 11.8 Å². The number of benzene rings is 1. The zero-order valence-corrected chi connectivity index (χ0v) is 18.0. The van der Waals surface area contributed by atoms with Gasteiger partial charge in [0.05, 0.1) is 26.0 Å². The number of aromatic nitrogens is 2. The summed E-state index contributed by atoms with van der Waals surface area (Å²) in [7, 11) is 3.20. The molecule has 1 atom stereocenters. The molecule has 0 aliphatic carbocycles. The Labute approximate surface area is 174 Å². The Kier molecular flexibility index (Phi) is 6.84. The fourth-order valence-corrected chi connectivity index (χ4v) is 4.44. The number of thioether (sulfide) groups is 1. The number of nitrogens with zero attached hydrogens (tertiary/aromatic N) is 2. The van der Waals surface area contributed by atoms with Crippen LogP contribution in [0, 0.1) is 0 Å². The Bertz CT molecular complexity index is 942. The summed E-state index contributed by atoms with van der Waals surface area (Å²) in [6, 6.07) is 7.15. The van der Waals surface area contributed by atoms with Gasteiger partial charge in [-0.2, -0.15) is 0 Å². The van der Waals surface area contributed by atoms with Crippen LogP contribution in [0.3, 0.4) is 0 Å². The van der Waals surface area contributed by atoms with Crippen LogP contribution in [0.4, 0.5) is 0 Å². The molecule has 1 aromatic heterocycles. The molecule has 1 N–H and O–H groups in total. The lowest BCUT2D eigenvalue weighted by molar-refractivity contribution is -0.121. The van der Waals surface area contributed by atoms with Crippen molar-refractivity contribution in [3.63, 3.8) is 0 Å². The smallest absolute Gasteiger partial charge is 0.254 e. The Morgan fingerprint density at radius 1 is 1.28 bits per heavy atom. The van der Waals surface area contributed by atoms with Crippen molar-refractivity contribution in [1.82, 2.24) is 14.9 Å². The van der Waals surface area contributed by atoms with Crippen molar-refractivity contribution in [3.8, 4) is 11.5 Å². The molecule has 156 valence electrons. The lowest BCUT2D eigenvalue weighted by Crippen LogP contribution is -2.31. The van der Waals surface area contributed by atoms with Crippen LogP contribution in [0.1, 0.15) is 43.5 Å². The molecule has 1 unspecified atom stereocenters. The summed E-state index contributed by atoms with van der Waals surface area (Å²) in [5.74, 6) is 2.17. The van der Waals surface area contributed by atoms with Gasteiger partial charge in [0, 0.05) is 24.8 Å². The number of ether oxygens (including phenoxy) is 2. The van der Waals surface area contributed by atoms with Crippen molar-refractivity contribution in [2.24, 2.45) is 0 Å². The second-order valence-electron chi connectivity index (χ2n) is 7.28. The van der Waals surface area contributed by atoms with Crippen LogP contribution in [0.5, 0.6) is 11.5 Å². The van der Waals surface area contributed by atoms with Gasteiger partial charge in [0.1, 0.15) is 0 Å². The van der Waals surface area contributed by atoms with Gasteiger partial charge in [-0.05, 0) is 30.0 Å². The van der Waals surface area contributed by atoms with E-state index in [1.165, 1.54) is 11.8 Å². The first-order valence-electron chi connectivity index (χ1n) is 9.66. The van der Waals surface area contributed by atoms with Crippen molar-refractivity contribution in [1.29, 1.82) is 0 Å². The predicted molar refractivity (Wildman–Crippen MR) is 113 cm³/mol. The second kappa shape index (κ2) is 9.35. The van der Waals surface area contributed by atoms with E-state index in [9.17, 15) is 9.59 Å². The highest BCUT2D eigenvalue weighted by atomic mass is 32.2. The van der Waals surface area contributed by atoms with Crippen LogP contribution in [0.25, 0.3) is 0 Å². The zero-order chi connectivity index (χ0) is 21.0. The van der Waals surface area contributed by atoms with Crippen LogP contribution < -0.4 is 20.3 Å². The molecule has 7 nitrogen and oxygen atoms in total. The minimum atomic E-state index is -0.155. The van der Waals surface area contributed by atoms with Crippen molar-refractivity contribution in [2.75, 3.05) is 26.5 Å².